The van der Waals surface area contributed by atoms with Gasteiger partial charge < -0.3 is 14.9 Å². The Hall–Kier alpha value is -1.81. The molecule has 0 spiro atoms. The lowest BCUT2D eigenvalue weighted by Gasteiger charge is -2.27. The van der Waals surface area contributed by atoms with Crippen LogP contribution in [0.1, 0.15) is 38.2 Å². The second kappa shape index (κ2) is 8.16. The summed E-state index contributed by atoms with van der Waals surface area (Å²) >= 11 is 0. The summed E-state index contributed by atoms with van der Waals surface area (Å²) in [6, 6.07) is 5.18. The smallest absolute Gasteiger partial charge is 0.160 e. The third-order valence-electron chi connectivity index (χ3n) is 4.75. The van der Waals surface area contributed by atoms with Gasteiger partial charge in [-0.3, -0.25) is 4.79 Å². The van der Waals surface area contributed by atoms with Crippen LogP contribution in [0.5, 0.6) is 11.5 Å². The summed E-state index contributed by atoms with van der Waals surface area (Å²) in [7, 11) is 1.51. The minimum Gasteiger partial charge on any atom is -0.504 e. The summed E-state index contributed by atoms with van der Waals surface area (Å²) in [4.78, 5) is 12.4. The van der Waals surface area contributed by atoms with Crippen molar-refractivity contribution in [3.63, 3.8) is 0 Å². The number of carbonyl (C=O) groups is 1. The van der Waals surface area contributed by atoms with Crippen LogP contribution in [-0.4, -0.2) is 29.7 Å². The Morgan fingerprint density at radius 1 is 1.39 bits per heavy atom. The fourth-order valence-corrected chi connectivity index (χ4v) is 3.24. The Morgan fingerprint density at radius 3 is 2.83 bits per heavy atom. The summed E-state index contributed by atoms with van der Waals surface area (Å²) in [6.07, 6.45) is 5.77. The summed E-state index contributed by atoms with van der Waals surface area (Å²) in [5.41, 5.74) is 1.89. The van der Waals surface area contributed by atoms with Gasteiger partial charge in [0.2, 0.25) is 0 Å². The molecule has 0 amide bonds. The van der Waals surface area contributed by atoms with E-state index >= 15 is 0 Å². The molecule has 2 rings (SSSR count). The molecule has 0 unspecified atom stereocenters. The number of phenolic OH excluding ortho intramolecular Hbond substituents is 1. The van der Waals surface area contributed by atoms with Crippen molar-refractivity contribution in [2.24, 2.45) is 11.8 Å². The molecule has 2 N–H and O–H groups in total. The highest BCUT2D eigenvalue weighted by Gasteiger charge is 2.25. The lowest BCUT2D eigenvalue weighted by Crippen LogP contribution is -2.23. The lowest BCUT2D eigenvalue weighted by atomic mass is 9.78. The number of aliphatic hydroxyl groups is 1. The van der Waals surface area contributed by atoms with Crippen molar-refractivity contribution < 1.29 is 19.7 Å². The van der Waals surface area contributed by atoms with Crippen LogP contribution >= 0.6 is 0 Å². The van der Waals surface area contributed by atoms with Gasteiger partial charge in [-0.2, -0.15) is 0 Å². The van der Waals surface area contributed by atoms with Gasteiger partial charge in [0.05, 0.1) is 7.11 Å². The number of hydrogen-bond donors (Lipinski definition) is 2. The van der Waals surface area contributed by atoms with E-state index in [4.69, 9.17) is 4.74 Å². The first-order valence-electron chi connectivity index (χ1n) is 8.29. The summed E-state index contributed by atoms with van der Waals surface area (Å²) in [6.45, 7) is 2.30. The number of Topliss-reactive ketones (excluding diaryl/α,β-unsaturated/α-hetero) is 1. The molecular formula is C19H26O4. The van der Waals surface area contributed by atoms with Crippen molar-refractivity contribution in [3.8, 4) is 11.5 Å². The zero-order valence-corrected chi connectivity index (χ0v) is 13.9. The molecule has 1 aromatic rings. The Morgan fingerprint density at radius 2 is 2.17 bits per heavy atom. The van der Waals surface area contributed by atoms with Crippen molar-refractivity contribution >= 4 is 5.78 Å². The Labute approximate surface area is 137 Å². The Bertz CT molecular complexity index is 577. The Kier molecular flexibility index (Phi) is 6.22. The predicted octanol–water partition coefficient (Wildman–Crippen LogP) is 3.26. The van der Waals surface area contributed by atoms with Gasteiger partial charge in [-0.1, -0.05) is 19.1 Å². The fraction of sp³-hybridized carbons (Fsp3) is 0.526. The zero-order chi connectivity index (χ0) is 16.8. The number of methoxy groups -OCH3 is 1. The number of hydrogen-bond acceptors (Lipinski definition) is 4. The van der Waals surface area contributed by atoms with Crippen LogP contribution in [0.2, 0.25) is 0 Å². The summed E-state index contributed by atoms with van der Waals surface area (Å²) < 4.78 is 5.09. The van der Waals surface area contributed by atoms with Crippen LogP contribution in [0.25, 0.3) is 0 Å². The molecule has 4 nitrogen and oxygen atoms in total. The largest absolute Gasteiger partial charge is 0.504 e. The maximum absolute atomic E-state index is 12.4. The molecule has 0 fully saturated rings. The molecule has 0 saturated carbocycles. The standard InChI is InChI=1S/C19H26O4/c1-3-14-11-15(6-7-16(14)12-20)17(21)8-4-13-5-9-18(22)19(10-13)23-2/h5,9-11,14,16,20,22H,3-4,6-8,12H2,1-2H3/t14-,16-/m0/s1. The molecule has 23 heavy (non-hydrogen) atoms. The van der Waals surface area contributed by atoms with Crippen LogP contribution in [0.4, 0.5) is 0 Å². The molecule has 0 aromatic heterocycles. The fourth-order valence-electron chi connectivity index (χ4n) is 3.24. The van der Waals surface area contributed by atoms with Crippen molar-refractivity contribution in [3.05, 3.63) is 35.4 Å². The second-order valence-corrected chi connectivity index (χ2v) is 6.17. The van der Waals surface area contributed by atoms with E-state index in [1.54, 1.807) is 12.1 Å². The predicted molar refractivity (Wildman–Crippen MR) is 89.7 cm³/mol. The molecular weight excluding hydrogens is 292 g/mol. The minimum atomic E-state index is 0.110. The number of allylic oxidation sites excluding steroid dienone is 2. The first-order valence-corrected chi connectivity index (χ1v) is 8.29. The van der Waals surface area contributed by atoms with Crippen molar-refractivity contribution in [2.75, 3.05) is 13.7 Å². The maximum atomic E-state index is 12.4. The molecule has 1 aliphatic rings. The molecule has 0 aliphatic heterocycles. The number of carbonyl (C=O) groups excluding carboxylic acids is 1. The van der Waals surface area contributed by atoms with E-state index in [0.717, 1.165) is 30.4 Å². The van der Waals surface area contributed by atoms with Crippen LogP contribution in [0.15, 0.2) is 29.8 Å². The average molecular weight is 318 g/mol. The molecule has 2 atom stereocenters. The molecule has 0 saturated heterocycles. The lowest BCUT2D eigenvalue weighted by molar-refractivity contribution is -0.115. The van der Waals surface area contributed by atoms with Gasteiger partial charge in [0.25, 0.3) is 0 Å². The average Bonchev–Trinajstić information content (AvgIpc) is 2.59. The maximum Gasteiger partial charge on any atom is 0.160 e. The number of aryl methyl sites for hydroxylation is 1. The normalized spacial score (nSPS) is 20.9. The van der Waals surface area contributed by atoms with Gasteiger partial charge in [0.15, 0.2) is 17.3 Å². The molecule has 0 heterocycles. The van der Waals surface area contributed by atoms with Crippen molar-refractivity contribution in [1.29, 1.82) is 0 Å². The molecule has 4 heteroatoms. The highest BCUT2D eigenvalue weighted by molar-refractivity contribution is 5.95. The number of aliphatic hydroxyl groups excluding tert-OH is 1. The van der Waals surface area contributed by atoms with E-state index in [2.05, 4.69) is 13.0 Å². The molecule has 0 radical (unpaired) electrons. The van der Waals surface area contributed by atoms with Crippen LogP contribution in [-0.2, 0) is 11.2 Å². The number of aromatic hydroxyl groups is 1. The van der Waals surface area contributed by atoms with Crippen molar-refractivity contribution in [1.82, 2.24) is 0 Å². The highest BCUT2D eigenvalue weighted by atomic mass is 16.5. The number of ketones is 1. The van der Waals surface area contributed by atoms with Crippen molar-refractivity contribution in [2.45, 2.75) is 39.0 Å². The van der Waals surface area contributed by atoms with E-state index in [1.165, 1.54) is 7.11 Å². The van der Waals surface area contributed by atoms with Crippen LogP contribution < -0.4 is 4.74 Å². The van der Waals surface area contributed by atoms with Crippen LogP contribution in [0.3, 0.4) is 0 Å². The minimum absolute atomic E-state index is 0.110. The molecule has 1 aliphatic carbocycles. The number of phenols is 1. The quantitative estimate of drug-likeness (QED) is 0.810. The number of benzene rings is 1. The van der Waals surface area contributed by atoms with E-state index in [-0.39, 0.29) is 24.1 Å². The number of rotatable bonds is 7. The SMILES string of the molecule is CC[C@H]1C=C(C(=O)CCc2ccc(O)c(OC)c2)CC[C@H]1CO. The third kappa shape index (κ3) is 4.35. The van der Waals surface area contributed by atoms with Gasteiger partial charge in [-0.05, 0) is 60.8 Å². The third-order valence-corrected chi connectivity index (χ3v) is 4.75. The van der Waals surface area contributed by atoms with E-state index in [9.17, 15) is 15.0 Å². The first-order chi connectivity index (χ1) is 11.1. The molecule has 0 bridgehead atoms. The summed E-state index contributed by atoms with van der Waals surface area (Å²) in [5, 5.41) is 19.0. The highest BCUT2D eigenvalue weighted by Crippen LogP contribution is 2.32. The second-order valence-electron chi connectivity index (χ2n) is 6.17. The van der Waals surface area contributed by atoms with Gasteiger partial charge in [0, 0.05) is 13.0 Å². The number of ether oxygens (including phenoxy) is 1. The van der Waals surface area contributed by atoms with Gasteiger partial charge >= 0.3 is 0 Å². The van der Waals surface area contributed by atoms with E-state index in [0.29, 0.717) is 24.5 Å². The van der Waals surface area contributed by atoms with Gasteiger partial charge in [-0.15, -0.1) is 0 Å². The summed E-state index contributed by atoms with van der Waals surface area (Å²) in [5.74, 6) is 1.33. The zero-order valence-electron chi connectivity index (χ0n) is 13.9. The topological polar surface area (TPSA) is 66.8 Å². The first kappa shape index (κ1) is 17.5. The van der Waals surface area contributed by atoms with Crippen LogP contribution in [0, 0.1) is 11.8 Å². The van der Waals surface area contributed by atoms with Gasteiger partial charge in [0.1, 0.15) is 0 Å². The molecule has 126 valence electrons. The molecule has 1 aromatic carbocycles. The van der Waals surface area contributed by atoms with E-state index in [1.807, 2.05) is 6.07 Å². The van der Waals surface area contributed by atoms with Gasteiger partial charge in [-0.25, -0.2) is 0 Å². The van der Waals surface area contributed by atoms with E-state index < -0.39 is 0 Å². The monoisotopic (exact) mass is 318 g/mol. The Balaban J connectivity index is 1.98.